The number of pyridine rings is 1. The number of hydrogen-bond acceptors (Lipinski definition) is 3. The van der Waals surface area contributed by atoms with Gasteiger partial charge in [0, 0.05) is 30.5 Å². The lowest BCUT2D eigenvalue weighted by Gasteiger charge is -2.21. The van der Waals surface area contributed by atoms with Gasteiger partial charge in [-0.2, -0.15) is 0 Å². The summed E-state index contributed by atoms with van der Waals surface area (Å²) in [5, 5.41) is 0. The fourth-order valence-electron chi connectivity index (χ4n) is 1.93. The van der Waals surface area contributed by atoms with E-state index in [9.17, 15) is 4.79 Å². The van der Waals surface area contributed by atoms with Crippen LogP contribution in [0.3, 0.4) is 0 Å². The summed E-state index contributed by atoms with van der Waals surface area (Å²) in [6.07, 6.45) is 1.62. The van der Waals surface area contributed by atoms with Crippen molar-refractivity contribution >= 4 is 11.6 Å². The van der Waals surface area contributed by atoms with E-state index in [0.29, 0.717) is 18.7 Å². The van der Waals surface area contributed by atoms with Gasteiger partial charge in [-0.15, -0.1) is 0 Å². The Hall–Kier alpha value is -2.20. The lowest BCUT2D eigenvalue weighted by atomic mass is 10.2. The number of aromatic nitrogens is 1. The molecule has 4 nitrogen and oxygen atoms in total. The maximum absolute atomic E-state index is 12.5. The lowest BCUT2D eigenvalue weighted by Crippen LogP contribution is -2.30. The Labute approximate surface area is 112 Å². The summed E-state index contributed by atoms with van der Waals surface area (Å²) >= 11 is 0. The first-order valence-corrected chi connectivity index (χ1v) is 6.28. The van der Waals surface area contributed by atoms with Crippen LogP contribution in [0.25, 0.3) is 0 Å². The zero-order valence-electron chi connectivity index (χ0n) is 10.9. The van der Waals surface area contributed by atoms with Gasteiger partial charge in [0.05, 0.1) is 5.69 Å². The number of carbonyl (C=O) groups excluding carboxylic acids is 1. The number of nitrogens with two attached hydrogens (primary N) is 1. The molecule has 0 saturated heterocycles. The average Bonchev–Trinajstić information content (AvgIpc) is 2.49. The van der Waals surface area contributed by atoms with Gasteiger partial charge in [0.15, 0.2) is 0 Å². The molecule has 2 N–H and O–H groups in total. The second-order valence-electron chi connectivity index (χ2n) is 4.12. The molecule has 1 heterocycles. The van der Waals surface area contributed by atoms with Gasteiger partial charge < -0.3 is 10.6 Å². The van der Waals surface area contributed by atoms with Crippen LogP contribution in [0.1, 0.15) is 23.0 Å². The Bertz CT molecular complexity index is 554. The van der Waals surface area contributed by atoms with Crippen LogP contribution >= 0.6 is 0 Å². The second-order valence-corrected chi connectivity index (χ2v) is 4.12. The van der Waals surface area contributed by atoms with Gasteiger partial charge in [0.25, 0.3) is 5.91 Å². The minimum absolute atomic E-state index is 0.0363. The normalized spacial score (nSPS) is 10.2. The Morgan fingerprint density at radius 1 is 1.26 bits per heavy atom. The third-order valence-corrected chi connectivity index (χ3v) is 2.90. The summed E-state index contributed by atoms with van der Waals surface area (Å²) in [5.74, 6) is -0.0363. The third kappa shape index (κ3) is 2.98. The highest BCUT2D eigenvalue weighted by Crippen LogP contribution is 2.16. The molecule has 0 fully saturated rings. The van der Waals surface area contributed by atoms with Crippen LogP contribution in [-0.2, 0) is 6.54 Å². The molecule has 98 valence electrons. The fourth-order valence-corrected chi connectivity index (χ4v) is 1.93. The van der Waals surface area contributed by atoms with E-state index in [1.807, 2.05) is 37.3 Å². The van der Waals surface area contributed by atoms with Gasteiger partial charge in [-0.1, -0.05) is 18.2 Å². The average molecular weight is 255 g/mol. The zero-order valence-corrected chi connectivity index (χ0v) is 10.9. The highest BCUT2D eigenvalue weighted by molar-refractivity contribution is 6.06. The molecule has 0 aliphatic carbocycles. The summed E-state index contributed by atoms with van der Waals surface area (Å²) in [6.45, 7) is 2.90. The predicted molar refractivity (Wildman–Crippen MR) is 75.9 cm³/mol. The van der Waals surface area contributed by atoms with Crippen molar-refractivity contribution in [3.63, 3.8) is 0 Å². The van der Waals surface area contributed by atoms with Crippen molar-refractivity contribution in [3.8, 4) is 0 Å². The van der Waals surface area contributed by atoms with Gasteiger partial charge in [0.2, 0.25) is 0 Å². The van der Waals surface area contributed by atoms with Crippen molar-refractivity contribution in [2.45, 2.75) is 13.5 Å². The summed E-state index contributed by atoms with van der Waals surface area (Å²) < 4.78 is 0. The summed E-state index contributed by atoms with van der Waals surface area (Å²) in [4.78, 5) is 18.3. The monoisotopic (exact) mass is 255 g/mol. The molecule has 19 heavy (non-hydrogen) atoms. The minimum atomic E-state index is -0.0363. The first-order chi connectivity index (χ1) is 9.26. The molecule has 2 rings (SSSR count). The van der Waals surface area contributed by atoms with Crippen molar-refractivity contribution in [2.24, 2.45) is 5.73 Å². The molecule has 1 aromatic carbocycles. The SMILES string of the molecule is CCN(C(=O)c1ccnc(CN)c1)c1ccccc1. The van der Waals surface area contributed by atoms with Crippen LogP contribution in [0.2, 0.25) is 0 Å². The Kier molecular flexibility index (Phi) is 4.26. The molecule has 4 heteroatoms. The van der Waals surface area contributed by atoms with Gasteiger partial charge >= 0.3 is 0 Å². The number of rotatable bonds is 4. The van der Waals surface area contributed by atoms with Gasteiger partial charge in [-0.3, -0.25) is 9.78 Å². The first kappa shape index (κ1) is 13.2. The van der Waals surface area contributed by atoms with Gasteiger partial charge in [0.1, 0.15) is 0 Å². The molecule has 1 amide bonds. The lowest BCUT2D eigenvalue weighted by molar-refractivity contribution is 0.0988. The van der Waals surface area contributed by atoms with Crippen LogP contribution in [0.4, 0.5) is 5.69 Å². The second kappa shape index (κ2) is 6.11. The van der Waals surface area contributed by atoms with E-state index in [1.165, 1.54) is 0 Å². The minimum Gasteiger partial charge on any atom is -0.325 e. The third-order valence-electron chi connectivity index (χ3n) is 2.90. The summed E-state index contributed by atoms with van der Waals surface area (Å²) in [7, 11) is 0. The highest BCUT2D eigenvalue weighted by Gasteiger charge is 2.16. The quantitative estimate of drug-likeness (QED) is 0.911. The number of amides is 1. The van der Waals surface area contributed by atoms with E-state index in [1.54, 1.807) is 23.2 Å². The highest BCUT2D eigenvalue weighted by atomic mass is 16.2. The Morgan fingerprint density at radius 3 is 2.63 bits per heavy atom. The van der Waals surface area contributed by atoms with Crippen molar-refractivity contribution < 1.29 is 4.79 Å². The van der Waals surface area contributed by atoms with E-state index < -0.39 is 0 Å². The molecule has 0 radical (unpaired) electrons. The molecular formula is C15H17N3O. The first-order valence-electron chi connectivity index (χ1n) is 6.28. The van der Waals surface area contributed by atoms with E-state index in [-0.39, 0.29) is 5.91 Å². The van der Waals surface area contributed by atoms with Crippen molar-refractivity contribution in [2.75, 3.05) is 11.4 Å². The molecule has 0 bridgehead atoms. The van der Waals surface area contributed by atoms with E-state index in [4.69, 9.17) is 5.73 Å². The molecule has 2 aromatic rings. The topological polar surface area (TPSA) is 59.2 Å². The fraction of sp³-hybridized carbons (Fsp3) is 0.200. The van der Waals surface area contributed by atoms with Crippen LogP contribution in [0.15, 0.2) is 48.7 Å². The van der Waals surface area contributed by atoms with Crippen molar-refractivity contribution in [1.29, 1.82) is 0 Å². The van der Waals surface area contributed by atoms with Gasteiger partial charge in [-0.05, 0) is 31.2 Å². The van der Waals surface area contributed by atoms with Crippen LogP contribution in [-0.4, -0.2) is 17.4 Å². The molecule has 0 unspecified atom stereocenters. The maximum atomic E-state index is 12.5. The van der Waals surface area contributed by atoms with E-state index in [2.05, 4.69) is 4.98 Å². The molecule has 0 aliphatic rings. The molecule has 0 spiro atoms. The molecule has 0 saturated carbocycles. The zero-order chi connectivity index (χ0) is 13.7. The van der Waals surface area contributed by atoms with E-state index >= 15 is 0 Å². The molecule has 0 atom stereocenters. The van der Waals surface area contributed by atoms with E-state index in [0.717, 1.165) is 11.4 Å². The Balaban J connectivity index is 2.30. The standard InChI is InChI=1S/C15H17N3O/c1-2-18(14-6-4-3-5-7-14)15(19)12-8-9-17-13(10-12)11-16/h3-10H,2,11,16H2,1H3. The number of para-hydroxylation sites is 1. The summed E-state index contributed by atoms with van der Waals surface area (Å²) in [6, 6.07) is 13.1. The number of nitrogens with zero attached hydrogens (tertiary/aromatic N) is 2. The summed E-state index contributed by atoms with van der Waals surface area (Å²) in [5.41, 5.74) is 7.77. The number of hydrogen-bond donors (Lipinski definition) is 1. The number of carbonyl (C=O) groups is 1. The largest absolute Gasteiger partial charge is 0.325 e. The van der Waals surface area contributed by atoms with Crippen molar-refractivity contribution in [1.82, 2.24) is 4.98 Å². The number of benzene rings is 1. The molecular weight excluding hydrogens is 238 g/mol. The molecule has 0 aliphatic heterocycles. The molecule has 1 aromatic heterocycles. The maximum Gasteiger partial charge on any atom is 0.258 e. The smallest absolute Gasteiger partial charge is 0.258 e. The van der Waals surface area contributed by atoms with Crippen LogP contribution in [0.5, 0.6) is 0 Å². The number of anilines is 1. The van der Waals surface area contributed by atoms with Gasteiger partial charge in [-0.25, -0.2) is 0 Å². The van der Waals surface area contributed by atoms with Crippen molar-refractivity contribution in [3.05, 3.63) is 59.9 Å². The van der Waals surface area contributed by atoms with Crippen LogP contribution < -0.4 is 10.6 Å². The van der Waals surface area contributed by atoms with Crippen LogP contribution in [0, 0.1) is 0 Å². The Morgan fingerprint density at radius 2 is 2.00 bits per heavy atom. The predicted octanol–water partition coefficient (Wildman–Crippen LogP) is 2.21.